The van der Waals surface area contributed by atoms with Crippen LogP contribution >= 0.6 is 0 Å². The van der Waals surface area contributed by atoms with Crippen molar-refractivity contribution in [3.8, 4) is 0 Å². The molecule has 0 heterocycles. The maximum Gasteiger partial charge on any atom is 0.0109 e. The Bertz CT molecular complexity index is 114. The van der Waals surface area contributed by atoms with Crippen molar-refractivity contribution in [2.24, 2.45) is 5.73 Å². The van der Waals surface area contributed by atoms with Crippen molar-refractivity contribution in [1.82, 2.24) is 0 Å². The van der Waals surface area contributed by atoms with Gasteiger partial charge in [-0.25, -0.2) is 0 Å². The Morgan fingerprint density at radius 3 is 2.45 bits per heavy atom. The van der Waals surface area contributed by atoms with E-state index in [1.54, 1.807) is 0 Å². The average molecular weight is 153 g/mol. The minimum atomic E-state index is 0.638. The molecule has 0 atom stereocenters. The molecule has 11 heavy (non-hydrogen) atoms. The Hall–Kier alpha value is -0.560. The molecule has 0 aromatic carbocycles. The molecule has 0 rings (SSSR count). The lowest BCUT2D eigenvalue weighted by molar-refractivity contribution is 0.729. The van der Waals surface area contributed by atoms with Gasteiger partial charge in [-0.2, -0.15) is 0 Å². The van der Waals surface area contributed by atoms with Crippen molar-refractivity contribution < 1.29 is 0 Å². The number of rotatable bonds is 6. The van der Waals surface area contributed by atoms with Gasteiger partial charge in [-0.1, -0.05) is 44.1 Å². The molecule has 0 aromatic heterocycles. The average Bonchev–Trinajstić information content (AvgIpc) is 2.03. The molecule has 0 amide bonds. The van der Waals surface area contributed by atoms with Crippen LogP contribution in [0, 0.1) is 0 Å². The standard InChI is InChI=1S/C10H19N/c1-2-3-4-5-6-7-8-9-10-11/h6-9H,2-5,10-11H2,1H3/b7-6+,9-8+. The van der Waals surface area contributed by atoms with E-state index in [0.717, 1.165) is 0 Å². The summed E-state index contributed by atoms with van der Waals surface area (Å²) in [7, 11) is 0. The van der Waals surface area contributed by atoms with Crippen LogP contribution in [0.5, 0.6) is 0 Å². The van der Waals surface area contributed by atoms with Crippen molar-refractivity contribution in [2.45, 2.75) is 32.6 Å². The van der Waals surface area contributed by atoms with Crippen LogP contribution in [0.4, 0.5) is 0 Å². The van der Waals surface area contributed by atoms with Gasteiger partial charge in [-0.15, -0.1) is 0 Å². The molecule has 0 aliphatic carbocycles. The van der Waals surface area contributed by atoms with E-state index in [0.29, 0.717) is 6.54 Å². The highest BCUT2D eigenvalue weighted by molar-refractivity contribution is 5.02. The lowest BCUT2D eigenvalue weighted by Crippen LogP contribution is -1.91. The third-order valence-corrected chi connectivity index (χ3v) is 1.49. The fourth-order valence-electron chi connectivity index (χ4n) is 0.844. The summed E-state index contributed by atoms with van der Waals surface area (Å²) in [5.41, 5.74) is 5.27. The quantitative estimate of drug-likeness (QED) is 0.460. The van der Waals surface area contributed by atoms with E-state index in [9.17, 15) is 0 Å². The van der Waals surface area contributed by atoms with Crippen LogP contribution in [-0.2, 0) is 0 Å². The molecule has 0 unspecified atom stereocenters. The summed E-state index contributed by atoms with van der Waals surface area (Å²) in [6.07, 6.45) is 13.4. The Kier molecular flexibility index (Phi) is 8.96. The first-order valence-corrected chi connectivity index (χ1v) is 4.43. The summed E-state index contributed by atoms with van der Waals surface area (Å²) in [4.78, 5) is 0. The van der Waals surface area contributed by atoms with Crippen molar-refractivity contribution in [2.75, 3.05) is 6.54 Å². The number of unbranched alkanes of at least 4 members (excludes halogenated alkanes) is 3. The molecule has 0 radical (unpaired) electrons. The van der Waals surface area contributed by atoms with Gasteiger partial charge in [0.25, 0.3) is 0 Å². The number of nitrogens with two attached hydrogens (primary N) is 1. The van der Waals surface area contributed by atoms with E-state index in [1.165, 1.54) is 25.7 Å². The maximum absolute atomic E-state index is 5.27. The number of hydrogen-bond acceptors (Lipinski definition) is 1. The van der Waals surface area contributed by atoms with Crippen LogP contribution in [0.15, 0.2) is 24.3 Å². The third kappa shape index (κ3) is 9.44. The zero-order chi connectivity index (χ0) is 8.36. The summed E-state index contributed by atoms with van der Waals surface area (Å²) >= 11 is 0. The van der Waals surface area contributed by atoms with E-state index in [1.807, 2.05) is 12.2 Å². The van der Waals surface area contributed by atoms with Crippen LogP contribution in [0.3, 0.4) is 0 Å². The molecule has 64 valence electrons. The Balaban J connectivity index is 3.09. The first kappa shape index (κ1) is 10.4. The smallest absolute Gasteiger partial charge is 0.0109 e. The molecule has 0 aliphatic heterocycles. The first-order valence-electron chi connectivity index (χ1n) is 4.43. The number of hydrogen-bond donors (Lipinski definition) is 1. The maximum atomic E-state index is 5.27. The van der Waals surface area contributed by atoms with Gasteiger partial charge in [0, 0.05) is 6.54 Å². The first-order chi connectivity index (χ1) is 5.41. The molecule has 1 nitrogen and oxygen atoms in total. The second-order valence-electron chi connectivity index (χ2n) is 2.59. The van der Waals surface area contributed by atoms with Gasteiger partial charge >= 0.3 is 0 Å². The molecule has 0 spiro atoms. The van der Waals surface area contributed by atoms with Crippen LogP contribution in [0.1, 0.15) is 32.6 Å². The molecule has 0 saturated heterocycles. The van der Waals surface area contributed by atoms with E-state index in [-0.39, 0.29) is 0 Å². The highest BCUT2D eigenvalue weighted by Crippen LogP contribution is 1.99. The fourth-order valence-corrected chi connectivity index (χ4v) is 0.844. The van der Waals surface area contributed by atoms with Gasteiger partial charge in [-0.3, -0.25) is 0 Å². The Morgan fingerprint density at radius 1 is 1.09 bits per heavy atom. The lowest BCUT2D eigenvalue weighted by atomic mass is 10.2. The molecule has 1 heteroatoms. The summed E-state index contributed by atoms with van der Waals surface area (Å²) < 4.78 is 0. The molecule has 0 aliphatic rings. The largest absolute Gasteiger partial charge is 0.327 e. The highest BCUT2D eigenvalue weighted by Gasteiger charge is 1.79. The number of allylic oxidation sites excluding steroid dienone is 3. The molecule has 2 N–H and O–H groups in total. The molecular weight excluding hydrogens is 134 g/mol. The molecular formula is C10H19N. The van der Waals surface area contributed by atoms with Gasteiger partial charge < -0.3 is 5.73 Å². The predicted octanol–water partition coefficient (Wildman–Crippen LogP) is 2.64. The van der Waals surface area contributed by atoms with Gasteiger partial charge in [0.1, 0.15) is 0 Å². The zero-order valence-electron chi connectivity index (χ0n) is 7.42. The molecule has 0 aromatic rings. The van der Waals surface area contributed by atoms with Gasteiger partial charge in [0.15, 0.2) is 0 Å². The monoisotopic (exact) mass is 153 g/mol. The van der Waals surface area contributed by atoms with Crippen molar-refractivity contribution >= 4 is 0 Å². The van der Waals surface area contributed by atoms with Crippen molar-refractivity contribution in [3.63, 3.8) is 0 Å². The molecule has 0 fully saturated rings. The summed E-state index contributed by atoms with van der Waals surface area (Å²) in [5, 5.41) is 0. The van der Waals surface area contributed by atoms with E-state index >= 15 is 0 Å². The minimum absolute atomic E-state index is 0.638. The van der Waals surface area contributed by atoms with E-state index in [4.69, 9.17) is 5.73 Å². The fraction of sp³-hybridized carbons (Fsp3) is 0.600. The Labute approximate surface area is 70.0 Å². The third-order valence-electron chi connectivity index (χ3n) is 1.49. The normalized spacial score (nSPS) is 11.8. The molecule has 0 bridgehead atoms. The predicted molar refractivity (Wildman–Crippen MR) is 51.5 cm³/mol. The SMILES string of the molecule is CCCCC/C=C/C=C/CN. The van der Waals surface area contributed by atoms with E-state index in [2.05, 4.69) is 19.1 Å². The van der Waals surface area contributed by atoms with Crippen molar-refractivity contribution in [1.29, 1.82) is 0 Å². The topological polar surface area (TPSA) is 26.0 Å². The zero-order valence-corrected chi connectivity index (χ0v) is 7.42. The summed E-state index contributed by atoms with van der Waals surface area (Å²) in [5.74, 6) is 0. The van der Waals surface area contributed by atoms with Crippen LogP contribution in [-0.4, -0.2) is 6.54 Å². The minimum Gasteiger partial charge on any atom is -0.327 e. The van der Waals surface area contributed by atoms with Gasteiger partial charge in [0.2, 0.25) is 0 Å². The van der Waals surface area contributed by atoms with Gasteiger partial charge in [-0.05, 0) is 12.8 Å². The second-order valence-corrected chi connectivity index (χ2v) is 2.59. The highest BCUT2D eigenvalue weighted by atomic mass is 14.5. The van der Waals surface area contributed by atoms with Crippen LogP contribution in [0.2, 0.25) is 0 Å². The van der Waals surface area contributed by atoms with Crippen LogP contribution in [0.25, 0.3) is 0 Å². The van der Waals surface area contributed by atoms with Gasteiger partial charge in [0.05, 0.1) is 0 Å². The van der Waals surface area contributed by atoms with E-state index < -0.39 is 0 Å². The summed E-state index contributed by atoms with van der Waals surface area (Å²) in [6.45, 7) is 2.86. The van der Waals surface area contributed by atoms with Crippen LogP contribution < -0.4 is 5.73 Å². The Morgan fingerprint density at radius 2 is 1.82 bits per heavy atom. The lowest BCUT2D eigenvalue weighted by Gasteiger charge is -1.89. The molecule has 0 saturated carbocycles. The summed E-state index contributed by atoms with van der Waals surface area (Å²) in [6, 6.07) is 0. The van der Waals surface area contributed by atoms with Crippen molar-refractivity contribution in [3.05, 3.63) is 24.3 Å². The second kappa shape index (κ2) is 9.44.